The van der Waals surface area contributed by atoms with Crippen LogP contribution in [0, 0.1) is 0 Å². The molecule has 4 rings (SSSR count). The third-order valence-corrected chi connectivity index (χ3v) is 7.75. The lowest BCUT2D eigenvalue weighted by Crippen LogP contribution is -2.40. The number of hydrogen-bond donors (Lipinski definition) is 3. The number of allylic oxidation sites excluding steroid dienone is 6. The Balaban J connectivity index is 1.39. The summed E-state index contributed by atoms with van der Waals surface area (Å²) in [6.07, 6.45) is 4.71. The largest absolute Gasteiger partial charge is 0.416 e. The molecule has 0 saturated carbocycles. The average molecular weight is 563 g/mol. The first-order valence-corrected chi connectivity index (χ1v) is 14.4. The van der Waals surface area contributed by atoms with Crippen LogP contribution in [0.15, 0.2) is 46.7 Å². The summed E-state index contributed by atoms with van der Waals surface area (Å²) in [6.45, 7) is 2.00. The number of piperidine rings is 1. The fourth-order valence-electron chi connectivity index (χ4n) is 4.62. The van der Waals surface area contributed by atoms with Gasteiger partial charge >= 0.3 is 6.18 Å². The Bertz CT molecular complexity index is 1220. The predicted octanol–water partition coefficient (Wildman–Crippen LogP) is 3.33. The van der Waals surface area contributed by atoms with E-state index < -0.39 is 27.0 Å². The molecular weight excluding hydrogens is 533 g/mol. The first kappa shape index (κ1) is 27.7. The summed E-state index contributed by atoms with van der Waals surface area (Å²) in [4.78, 5) is 5.97. The topological polar surface area (TPSA) is 126 Å². The second-order valence-corrected chi connectivity index (χ2v) is 12.2. The minimum Gasteiger partial charge on any atom is -0.370 e. The van der Waals surface area contributed by atoms with E-state index in [0.717, 1.165) is 32.0 Å². The van der Waals surface area contributed by atoms with Crippen LogP contribution in [0.4, 0.5) is 25.1 Å². The lowest BCUT2D eigenvalue weighted by molar-refractivity contribution is -0.0892. The fraction of sp³-hybridized carbons (Fsp3) is 0.565. The van der Waals surface area contributed by atoms with Crippen LogP contribution in [-0.4, -0.2) is 83.9 Å². The summed E-state index contributed by atoms with van der Waals surface area (Å²) < 4.78 is 71.0. The van der Waals surface area contributed by atoms with Gasteiger partial charge in [0.1, 0.15) is 9.84 Å². The highest BCUT2D eigenvalue weighted by atomic mass is 35.5. The van der Waals surface area contributed by atoms with Crippen molar-refractivity contribution in [3.05, 3.63) is 46.7 Å². The zero-order valence-electron chi connectivity index (χ0n) is 20.3. The second-order valence-electron chi connectivity index (χ2n) is 9.44. The van der Waals surface area contributed by atoms with Crippen molar-refractivity contribution in [2.24, 2.45) is 0 Å². The van der Waals surface area contributed by atoms with E-state index in [1.165, 1.54) is 6.26 Å². The van der Waals surface area contributed by atoms with Crippen LogP contribution in [0.25, 0.3) is 0 Å². The van der Waals surface area contributed by atoms with E-state index in [9.17, 15) is 21.6 Å². The third kappa shape index (κ3) is 7.59. The summed E-state index contributed by atoms with van der Waals surface area (Å²) in [7, 11) is -3.00. The SMILES string of the molecule is CS(=O)(=O)CCN1CCC(OC2C=CC(C3=C(C(F)(F)F)C=C(Nc4n[nH]c(N)n4)CC3Cl)=CC2)CC1. The van der Waals surface area contributed by atoms with Crippen molar-refractivity contribution in [1.82, 2.24) is 20.1 Å². The molecule has 14 heteroatoms. The van der Waals surface area contributed by atoms with Crippen molar-refractivity contribution < 1.29 is 26.3 Å². The van der Waals surface area contributed by atoms with Crippen LogP contribution in [0.3, 0.4) is 0 Å². The molecule has 37 heavy (non-hydrogen) atoms. The van der Waals surface area contributed by atoms with Crippen LogP contribution < -0.4 is 11.1 Å². The van der Waals surface area contributed by atoms with Crippen LogP contribution >= 0.6 is 11.6 Å². The van der Waals surface area contributed by atoms with Gasteiger partial charge in [-0.3, -0.25) is 0 Å². The molecule has 2 unspecified atom stereocenters. The Morgan fingerprint density at radius 1 is 1.32 bits per heavy atom. The van der Waals surface area contributed by atoms with E-state index in [-0.39, 0.29) is 47.5 Å². The van der Waals surface area contributed by atoms with Gasteiger partial charge in [-0.15, -0.1) is 16.7 Å². The van der Waals surface area contributed by atoms with Crippen LogP contribution in [0.5, 0.6) is 0 Å². The van der Waals surface area contributed by atoms with Crippen LogP contribution in [-0.2, 0) is 14.6 Å². The molecule has 1 fully saturated rings. The molecule has 0 amide bonds. The lowest BCUT2D eigenvalue weighted by atomic mass is 9.86. The maximum Gasteiger partial charge on any atom is 0.416 e. The molecule has 204 valence electrons. The molecule has 3 aliphatic rings. The van der Waals surface area contributed by atoms with E-state index in [1.54, 1.807) is 18.2 Å². The molecule has 0 aromatic carbocycles. The number of nitrogens with two attached hydrogens (primary N) is 1. The van der Waals surface area contributed by atoms with Crippen LogP contribution in [0.2, 0.25) is 0 Å². The van der Waals surface area contributed by atoms with Gasteiger partial charge in [-0.2, -0.15) is 18.2 Å². The molecule has 0 spiro atoms. The van der Waals surface area contributed by atoms with Crippen molar-refractivity contribution in [3.63, 3.8) is 0 Å². The second kappa shape index (κ2) is 11.2. The van der Waals surface area contributed by atoms with Crippen molar-refractivity contribution >= 4 is 33.3 Å². The highest BCUT2D eigenvalue weighted by molar-refractivity contribution is 7.90. The molecule has 0 radical (unpaired) electrons. The highest BCUT2D eigenvalue weighted by Crippen LogP contribution is 2.42. The van der Waals surface area contributed by atoms with Gasteiger partial charge < -0.3 is 20.7 Å². The number of ether oxygens (including phenoxy) is 1. The third-order valence-electron chi connectivity index (χ3n) is 6.45. The molecule has 1 saturated heterocycles. The van der Waals surface area contributed by atoms with E-state index >= 15 is 0 Å². The van der Waals surface area contributed by atoms with E-state index in [1.807, 2.05) is 0 Å². The number of aromatic amines is 1. The number of nitrogens with zero attached hydrogens (tertiary/aromatic N) is 3. The molecule has 1 aliphatic heterocycles. The maximum absolute atomic E-state index is 14.0. The number of H-pyrrole nitrogens is 1. The number of alkyl halides is 4. The van der Waals surface area contributed by atoms with Gasteiger partial charge in [0.15, 0.2) is 0 Å². The molecule has 2 atom stereocenters. The van der Waals surface area contributed by atoms with Gasteiger partial charge in [-0.1, -0.05) is 18.2 Å². The number of rotatable bonds is 8. The molecule has 9 nitrogen and oxygen atoms in total. The van der Waals surface area contributed by atoms with Crippen molar-refractivity contribution in [2.75, 3.05) is 42.7 Å². The Morgan fingerprint density at radius 2 is 2.05 bits per heavy atom. The first-order chi connectivity index (χ1) is 17.4. The smallest absolute Gasteiger partial charge is 0.370 e. The molecule has 1 aromatic rings. The first-order valence-electron chi connectivity index (χ1n) is 11.9. The zero-order chi connectivity index (χ0) is 26.8. The number of hydrogen-bond acceptors (Lipinski definition) is 8. The number of nitrogen functional groups attached to an aromatic ring is 1. The number of sulfone groups is 1. The Kier molecular flexibility index (Phi) is 8.36. The van der Waals surface area contributed by atoms with Crippen LogP contribution in [0.1, 0.15) is 25.7 Å². The normalized spacial score (nSPS) is 24.2. The number of likely N-dealkylation sites (tertiary alicyclic amines) is 1. The van der Waals surface area contributed by atoms with Gasteiger partial charge in [-0.05, 0) is 36.5 Å². The molecule has 2 heterocycles. The van der Waals surface area contributed by atoms with Crippen molar-refractivity contribution in [1.29, 1.82) is 0 Å². The summed E-state index contributed by atoms with van der Waals surface area (Å²) >= 11 is 6.48. The monoisotopic (exact) mass is 562 g/mol. The highest BCUT2D eigenvalue weighted by Gasteiger charge is 2.40. The Hall–Kier alpha value is -2.35. The summed E-state index contributed by atoms with van der Waals surface area (Å²) in [5.74, 6) is 0.242. The number of halogens is 4. The Morgan fingerprint density at radius 3 is 2.62 bits per heavy atom. The molecular formula is C23H30ClF3N6O3S. The summed E-state index contributed by atoms with van der Waals surface area (Å²) in [6, 6.07) is 0. The molecule has 4 N–H and O–H groups in total. The predicted molar refractivity (Wildman–Crippen MR) is 136 cm³/mol. The van der Waals surface area contributed by atoms with E-state index in [4.69, 9.17) is 22.1 Å². The van der Waals surface area contributed by atoms with E-state index in [0.29, 0.717) is 18.5 Å². The lowest BCUT2D eigenvalue weighted by Gasteiger charge is -2.34. The zero-order valence-corrected chi connectivity index (χ0v) is 21.8. The quantitative estimate of drug-likeness (QED) is 0.412. The fourth-order valence-corrected chi connectivity index (χ4v) is 5.62. The van der Waals surface area contributed by atoms with Gasteiger partial charge in [0.25, 0.3) is 0 Å². The summed E-state index contributed by atoms with van der Waals surface area (Å²) in [5, 5.41) is 8.05. The van der Waals surface area contributed by atoms with Gasteiger partial charge in [-0.25, -0.2) is 13.5 Å². The van der Waals surface area contributed by atoms with Crippen molar-refractivity contribution in [2.45, 2.75) is 49.4 Å². The van der Waals surface area contributed by atoms with Crippen molar-refractivity contribution in [3.8, 4) is 0 Å². The van der Waals surface area contributed by atoms with Gasteiger partial charge in [0.2, 0.25) is 11.9 Å². The number of nitrogens with one attached hydrogen (secondary N) is 2. The molecule has 0 bridgehead atoms. The number of anilines is 2. The number of aromatic nitrogens is 3. The van der Waals surface area contributed by atoms with Gasteiger partial charge in [0, 0.05) is 38.0 Å². The molecule has 1 aromatic heterocycles. The minimum absolute atomic E-state index is 0.0146. The molecule has 2 aliphatic carbocycles. The van der Waals surface area contributed by atoms with E-state index in [2.05, 4.69) is 25.4 Å². The summed E-state index contributed by atoms with van der Waals surface area (Å²) in [5.41, 5.74) is 5.36. The Labute approximate surface area is 218 Å². The maximum atomic E-state index is 14.0. The van der Waals surface area contributed by atoms with Gasteiger partial charge in [0.05, 0.1) is 28.9 Å². The average Bonchev–Trinajstić information content (AvgIpc) is 3.22. The minimum atomic E-state index is -4.61. The standard InChI is InChI=1S/C23H30ClF3N6O3S/c1-37(34,35)11-10-33-8-6-17(7-9-33)36-16-4-2-14(3-5-16)20-18(23(25,26)27)12-15(13-19(20)24)29-22-30-21(28)31-32-22/h2-4,12,16-17,19H,5-11,13H2,1H3,(H4,28,29,30,31,32).